The molecule has 2 rings (SSSR count). The summed E-state index contributed by atoms with van der Waals surface area (Å²) in [5.74, 6) is -0.113. The van der Waals surface area contributed by atoms with Crippen LogP contribution in [0.5, 0.6) is 0 Å². The summed E-state index contributed by atoms with van der Waals surface area (Å²) in [5.41, 5.74) is 1.07. The van der Waals surface area contributed by atoms with E-state index in [1.54, 1.807) is 11.8 Å². The van der Waals surface area contributed by atoms with Crippen LogP contribution in [0.2, 0.25) is 0 Å². The number of piperidine rings is 1. The standard InChI is InChI=1S/C23H34N2O4/c1-3-5-11-21(26)25(18-19-9-7-6-8-10-19)17-14-22(27)24-15-12-20(13-16-24)23(28)29-4-2/h6-10,20H,3-5,11-18H2,1-2H3. The SMILES string of the molecule is CCCCC(=O)N(CCC(=O)N1CCC(C(=O)OCC)CC1)Cc1ccccc1. The van der Waals surface area contributed by atoms with Gasteiger partial charge in [-0.3, -0.25) is 14.4 Å². The number of ether oxygens (including phenoxy) is 1. The number of benzene rings is 1. The quantitative estimate of drug-likeness (QED) is 0.563. The number of rotatable bonds is 10. The molecule has 1 aromatic carbocycles. The van der Waals surface area contributed by atoms with Crippen LogP contribution < -0.4 is 0 Å². The molecule has 1 fully saturated rings. The van der Waals surface area contributed by atoms with Crippen molar-refractivity contribution in [2.45, 2.75) is 58.9 Å². The van der Waals surface area contributed by atoms with Crippen LogP contribution in [-0.2, 0) is 25.7 Å². The maximum atomic E-state index is 12.7. The number of esters is 1. The number of amides is 2. The predicted molar refractivity (Wildman–Crippen MR) is 112 cm³/mol. The maximum Gasteiger partial charge on any atom is 0.309 e. The molecule has 0 aliphatic carbocycles. The van der Waals surface area contributed by atoms with Gasteiger partial charge in [-0.05, 0) is 31.7 Å². The molecule has 160 valence electrons. The van der Waals surface area contributed by atoms with Gasteiger partial charge in [-0.25, -0.2) is 0 Å². The van der Waals surface area contributed by atoms with Gasteiger partial charge < -0.3 is 14.5 Å². The Morgan fingerprint density at radius 1 is 1.07 bits per heavy atom. The Labute approximate surface area is 174 Å². The molecule has 29 heavy (non-hydrogen) atoms. The minimum absolute atomic E-state index is 0.0497. The molecule has 1 heterocycles. The van der Waals surface area contributed by atoms with Crippen molar-refractivity contribution < 1.29 is 19.1 Å². The van der Waals surface area contributed by atoms with E-state index in [-0.39, 0.29) is 23.7 Å². The lowest BCUT2D eigenvalue weighted by Gasteiger charge is -2.31. The van der Waals surface area contributed by atoms with Crippen LogP contribution in [0, 0.1) is 5.92 Å². The van der Waals surface area contributed by atoms with Crippen molar-refractivity contribution in [2.75, 3.05) is 26.2 Å². The van der Waals surface area contributed by atoms with E-state index in [1.165, 1.54) is 0 Å². The van der Waals surface area contributed by atoms with Gasteiger partial charge in [0.1, 0.15) is 0 Å². The second-order valence-electron chi connectivity index (χ2n) is 7.56. The average Bonchev–Trinajstić information content (AvgIpc) is 2.75. The number of nitrogens with zero attached hydrogens (tertiary/aromatic N) is 2. The monoisotopic (exact) mass is 402 g/mol. The largest absolute Gasteiger partial charge is 0.466 e. The first-order valence-corrected chi connectivity index (χ1v) is 10.8. The highest BCUT2D eigenvalue weighted by Crippen LogP contribution is 2.19. The zero-order valence-electron chi connectivity index (χ0n) is 17.8. The number of hydrogen-bond donors (Lipinski definition) is 0. The van der Waals surface area contributed by atoms with Crippen LogP contribution in [0.25, 0.3) is 0 Å². The topological polar surface area (TPSA) is 66.9 Å². The Kier molecular flexibility index (Phi) is 9.68. The van der Waals surface area contributed by atoms with Gasteiger partial charge >= 0.3 is 5.97 Å². The summed E-state index contributed by atoms with van der Waals surface area (Å²) in [6, 6.07) is 9.88. The molecule has 6 nitrogen and oxygen atoms in total. The van der Waals surface area contributed by atoms with Crippen LogP contribution in [0.4, 0.5) is 0 Å². The second kappa shape index (κ2) is 12.2. The van der Waals surface area contributed by atoms with Crippen molar-refractivity contribution in [2.24, 2.45) is 5.92 Å². The number of carbonyl (C=O) groups is 3. The van der Waals surface area contributed by atoms with Crippen molar-refractivity contribution in [3.8, 4) is 0 Å². The zero-order valence-corrected chi connectivity index (χ0v) is 17.8. The number of unbranched alkanes of at least 4 members (excludes halogenated alkanes) is 1. The first-order valence-electron chi connectivity index (χ1n) is 10.8. The predicted octanol–water partition coefficient (Wildman–Crippen LogP) is 3.40. The summed E-state index contributed by atoms with van der Waals surface area (Å²) in [6.45, 7) is 6.37. The normalized spacial score (nSPS) is 14.5. The first-order chi connectivity index (χ1) is 14.0. The van der Waals surface area contributed by atoms with Crippen LogP contribution in [0.15, 0.2) is 30.3 Å². The fourth-order valence-electron chi connectivity index (χ4n) is 3.60. The second-order valence-corrected chi connectivity index (χ2v) is 7.56. The van der Waals surface area contributed by atoms with Gasteiger partial charge in [-0.1, -0.05) is 43.7 Å². The van der Waals surface area contributed by atoms with E-state index in [2.05, 4.69) is 6.92 Å². The molecule has 0 unspecified atom stereocenters. The van der Waals surface area contributed by atoms with Crippen LogP contribution >= 0.6 is 0 Å². The Bertz CT molecular complexity index is 654. The van der Waals surface area contributed by atoms with Crippen molar-refractivity contribution in [3.63, 3.8) is 0 Å². The molecule has 1 aromatic rings. The molecule has 0 radical (unpaired) electrons. The van der Waals surface area contributed by atoms with Crippen molar-refractivity contribution in [1.29, 1.82) is 0 Å². The maximum absolute atomic E-state index is 12.7. The Morgan fingerprint density at radius 3 is 2.38 bits per heavy atom. The smallest absolute Gasteiger partial charge is 0.309 e. The molecule has 1 aliphatic rings. The zero-order chi connectivity index (χ0) is 21.1. The third kappa shape index (κ3) is 7.52. The minimum atomic E-state index is -0.157. The van der Waals surface area contributed by atoms with Gasteiger partial charge in [0.15, 0.2) is 0 Å². The molecule has 6 heteroatoms. The lowest BCUT2D eigenvalue weighted by molar-refractivity contribution is -0.151. The number of carbonyl (C=O) groups excluding carboxylic acids is 3. The molecular weight excluding hydrogens is 368 g/mol. The van der Waals surface area contributed by atoms with E-state index in [9.17, 15) is 14.4 Å². The fourth-order valence-corrected chi connectivity index (χ4v) is 3.60. The van der Waals surface area contributed by atoms with E-state index in [1.807, 2.05) is 35.2 Å². The molecule has 1 aliphatic heterocycles. The molecule has 2 amide bonds. The van der Waals surface area contributed by atoms with E-state index in [4.69, 9.17) is 4.74 Å². The van der Waals surface area contributed by atoms with Crippen LogP contribution in [0.3, 0.4) is 0 Å². The fraction of sp³-hybridized carbons (Fsp3) is 0.609. The highest BCUT2D eigenvalue weighted by molar-refractivity contribution is 5.79. The average molecular weight is 403 g/mol. The molecule has 0 atom stereocenters. The Morgan fingerprint density at radius 2 is 1.76 bits per heavy atom. The molecule has 0 spiro atoms. The van der Waals surface area contributed by atoms with E-state index >= 15 is 0 Å². The lowest BCUT2D eigenvalue weighted by atomic mass is 9.97. The molecule has 1 saturated heterocycles. The van der Waals surface area contributed by atoms with Gasteiger partial charge in [0.2, 0.25) is 11.8 Å². The minimum Gasteiger partial charge on any atom is -0.466 e. The van der Waals surface area contributed by atoms with Crippen molar-refractivity contribution in [3.05, 3.63) is 35.9 Å². The Balaban J connectivity index is 1.86. The van der Waals surface area contributed by atoms with Crippen LogP contribution in [0.1, 0.15) is 57.9 Å². The summed E-state index contributed by atoms with van der Waals surface area (Å²) in [5, 5.41) is 0. The third-order valence-electron chi connectivity index (χ3n) is 5.38. The number of hydrogen-bond acceptors (Lipinski definition) is 4. The van der Waals surface area contributed by atoms with E-state index < -0.39 is 0 Å². The van der Waals surface area contributed by atoms with Crippen LogP contribution in [-0.4, -0.2) is 53.8 Å². The van der Waals surface area contributed by atoms with E-state index in [0.717, 1.165) is 18.4 Å². The van der Waals surface area contributed by atoms with Gasteiger partial charge in [-0.15, -0.1) is 0 Å². The summed E-state index contributed by atoms with van der Waals surface area (Å²) < 4.78 is 5.08. The highest BCUT2D eigenvalue weighted by atomic mass is 16.5. The first kappa shape index (κ1) is 22.9. The van der Waals surface area contributed by atoms with Gasteiger partial charge in [-0.2, -0.15) is 0 Å². The summed E-state index contributed by atoms with van der Waals surface area (Å²) in [4.78, 5) is 40.8. The molecule has 0 aromatic heterocycles. The molecular formula is C23H34N2O4. The molecule has 0 bridgehead atoms. The summed E-state index contributed by atoms with van der Waals surface area (Å²) >= 11 is 0. The van der Waals surface area contributed by atoms with E-state index in [0.29, 0.717) is 58.5 Å². The third-order valence-corrected chi connectivity index (χ3v) is 5.38. The Hall–Kier alpha value is -2.37. The van der Waals surface area contributed by atoms with Gasteiger partial charge in [0, 0.05) is 39.0 Å². The van der Waals surface area contributed by atoms with Crippen molar-refractivity contribution in [1.82, 2.24) is 9.80 Å². The lowest BCUT2D eigenvalue weighted by Crippen LogP contribution is -2.42. The highest BCUT2D eigenvalue weighted by Gasteiger charge is 2.28. The van der Waals surface area contributed by atoms with Gasteiger partial charge in [0.25, 0.3) is 0 Å². The summed E-state index contributed by atoms with van der Waals surface area (Å²) in [6.07, 6.45) is 3.96. The summed E-state index contributed by atoms with van der Waals surface area (Å²) in [7, 11) is 0. The molecule has 0 N–H and O–H groups in total. The number of likely N-dealkylation sites (tertiary alicyclic amines) is 1. The van der Waals surface area contributed by atoms with Crippen molar-refractivity contribution >= 4 is 17.8 Å². The van der Waals surface area contributed by atoms with Gasteiger partial charge in [0.05, 0.1) is 12.5 Å². The molecule has 0 saturated carbocycles.